The number of para-hydroxylation sites is 1. The average molecular weight is 315 g/mol. The largest absolute Gasteiger partial charge is 0.508 e. The van der Waals surface area contributed by atoms with Gasteiger partial charge in [-0.05, 0) is 24.3 Å². The van der Waals surface area contributed by atoms with Crippen LogP contribution in [0.1, 0.15) is 0 Å². The summed E-state index contributed by atoms with van der Waals surface area (Å²) in [6.07, 6.45) is 0. The Labute approximate surface area is 131 Å². The average Bonchev–Trinajstić information content (AvgIpc) is 2.72. The second-order valence-electron chi connectivity index (χ2n) is 4.65. The van der Waals surface area contributed by atoms with E-state index in [1.165, 1.54) is 12.1 Å². The SMILES string of the molecule is O=C1C(Cl)=C(Nc2cccc(O)c2)C(=O)N1c1ccccc1. The first kappa shape index (κ1) is 14.2. The normalized spacial score (nSPS) is 14.7. The molecule has 2 amide bonds. The molecule has 6 heteroatoms. The molecule has 110 valence electrons. The zero-order chi connectivity index (χ0) is 15.7. The minimum Gasteiger partial charge on any atom is -0.508 e. The Morgan fingerprint density at radius 2 is 1.68 bits per heavy atom. The molecule has 0 saturated heterocycles. The van der Waals surface area contributed by atoms with E-state index in [1.54, 1.807) is 42.5 Å². The van der Waals surface area contributed by atoms with E-state index >= 15 is 0 Å². The van der Waals surface area contributed by atoms with Crippen molar-refractivity contribution in [2.24, 2.45) is 0 Å². The number of benzene rings is 2. The van der Waals surface area contributed by atoms with Crippen molar-refractivity contribution < 1.29 is 14.7 Å². The van der Waals surface area contributed by atoms with Crippen molar-refractivity contribution in [2.75, 3.05) is 10.2 Å². The highest BCUT2D eigenvalue weighted by molar-refractivity contribution is 6.53. The molecule has 1 heterocycles. The Kier molecular flexibility index (Phi) is 3.56. The lowest BCUT2D eigenvalue weighted by molar-refractivity contribution is -0.120. The Balaban J connectivity index is 1.92. The number of amides is 2. The predicted octanol–water partition coefficient (Wildman–Crippen LogP) is 2.83. The van der Waals surface area contributed by atoms with Gasteiger partial charge in [0.2, 0.25) is 0 Å². The molecule has 22 heavy (non-hydrogen) atoms. The third kappa shape index (κ3) is 2.42. The Morgan fingerprint density at radius 3 is 2.36 bits per heavy atom. The second kappa shape index (κ2) is 5.54. The standard InChI is InChI=1S/C16H11ClN2O3/c17-13-14(18-10-5-4-8-12(20)9-10)16(22)19(15(13)21)11-6-2-1-3-7-11/h1-9,18,20H. The first-order valence-corrected chi connectivity index (χ1v) is 6.85. The summed E-state index contributed by atoms with van der Waals surface area (Å²) < 4.78 is 0. The van der Waals surface area contributed by atoms with Gasteiger partial charge in [0.15, 0.2) is 0 Å². The summed E-state index contributed by atoms with van der Waals surface area (Å²) >= 11 is 6.00. The van der Waals surface area contributed by atoms with E-state index < -0.39 is 11.8 Å². The minimum atomic E-state index is -0.583. The van der Waals surface area contributed by atoms with E-state index in [2.05, 4.69) is 5.32 Å². The highest BCUT2D eigenvalue weighted by Gasteiger charge is 2.38. The van der Waals surface area contributed by atoms with Crippen LogP contribution in [-0.4, -0.2) is 16.9 Å². The maximum atomic E-state index is 12.5. The predicted molar refractivity (Wildman–Crippen MR) is 83.5 cm³/mol. The van der Waals surface area contributed by atoms with Gasteiger partial charge in [-0.3, -0.25) is 9.59 Å². The monoisotopic (exact) mass is 314 g/mol. The van der Waals surface area contributed by atoms with Gasteiger partial charge in [0.05, 0.1) is 5.69 Å². The molecule has 0 aromatic heterocycles. The van der Waals surface area contributed by atoms with Crippen LogP contribution < -0.4 is 10.2 Å². The molecule has 0 aliphatic carbocycles. The number of anilines is 2. The van der Waals surface area contributed by atoms with Gasteiger partial charge in [-0.15, -0.1) is 0 Å². The highest BCUT2D eigenvalue weighted by Crippen LogP contribution is 2.30. The summed E-state index contributed by atoms with van der Waals surface area (Å²) in [5, 5.41) is 12.1. The van der Waals surface area contributed by atoms with Crippen molar-refractivity contribution in [3.8, 4) is 5.75 Å². The first-order valence-electron chi connectivity index (χ1n) is 6.47. The molecule has 1 aliphatic heterocycles. The topological polar surface area (TPSA) is 69.6 Å². The van der Waals surface area contributed by atoms with Crippen molar-refractivity contribution in [3.05, 3.63) is 65.3 Å². The van der Waals surface area contributed by atoms with E-state index in [4.69, 9.17) is 11.6 Å². The van der Waals surface area contributed by atoms with Gasteiger partial charge in [-0.25, -0.2) is 4.90 Å². The van der Waals surface area contributed by atoms with Gasteiger partial charge in [0.25, 0.3) is 11.8 Å². The number of hydrogen-bond donors (Lipinski definition) is 2. The summed E-state index contributed by atoms with van der Waals surface area (Å²) in [7, 11) is 0. The Bertz CT molecular complexity index is 787. The number of rotatable bonds is 3. The molecule has 5 nitrogen and oxygen atoms in total. The van der Waals surface area contributed by atoms with E-state index in [0.717, 1.165) is 4.90 Å². The molecule has 0 spiro atoms. The van der Waals surface area contributed by atoms with Gasteiger partial charge in [0.1, 0.15) is 16.5 Å². The fraction of sp³-hybridized carbons (Fsp3) is 0. The smallest absolute Gasteiger partial charge is 0.283 e. The number of carbonyl (C=O) groups excluding carboxylic acids is 2. The molecule has 0 fully saturated rings. The maximum absolute atomic E-state index is 12.5. The Morgan fingerprint density at radius 1 is 0.955 bits per heavy atom. The van der Waals surface area contributed by atoms with Crippen molar-refractivity contribution in [3.63, 3.8) is 0 Å². The molecule has 0 unspecified atom stereocenters. The van der Waals surface area contributed by atoms with Crippen LogP contribution in [0.15, 0.2) is 65.3 Å². The first-order chi connectivity index (χ1) is 10.6. The number of nitrogens with zero attached hydrogens (tertiary/aromatic N) is 1. The molecular weight excluding hydrogens is 304 g/mol. The summed E-state index contributed by atoms with van der Waals surface area (Å²) in [5.74, 6) is -1.08. The molecular formula is C16H11ClN2O3. The lowest BCUT2D eigenvalue weighted by Gasteiger charge is -2.14. The van der Waals surface area contributed by atoms with Crippen LogP contribution in [-0.2, 0) is 9.59 Å². The van der Waals surface area contributed by atoms with Crippen LogP contribution in [0.25, 0.3) is 0 Å². The number of imide groups is 1. The number of aromatic hydroxyl groups is 1. The van der Waals surface area contributed by atoms with E-state index in [0.29, 0.717) is 11.4 Å². The lowest BCUT2D eigenvalue weighted by atomic mass is 10.2. The van der Waals surface area contributed by atoms with Gasteiger partial charge in [-0.1, -0.05) is 35.9 Å². The van der Waals surface area contributed by atoms with Gasteiger partial charge in [0, 0.05) is 11.8 Å². The molecule has 0 bridgehead atoms. The quantitative estimate of drug-likeness (QED) is 0.855. The third-order valence-electron chi connectivity index (χ3n) is 3.16. The van der Waals surface area contributed by atoms with E-state index in [1.807, 2.05) is 0 Å². The van der Waals surface area contributed by atoms with Crippen LogP contribution in [0.3, 0.4) is 0 Å². The van der Waals surface area contributed by atoms with Crippen molar-refractivity contribution in [2.45, 2.75) is 0 Å². The van der Waals surface area contributed by atoms with E-state index in [9.17, 15) is 14.7 Å². The number of hydrogen-bond acceptors (Lipinski definition) is 4. The zero-order valence-electron chi connectivity index (χ0n) is 11.3. The number of phenols is 1. The van der Waals surface area contributed by atoms with Crippen LogP contribution in [0, 0.1) is 0 Å². The third-order valence-corrected chi connectivity index (χ3v) is 3.51. The molecule has 2 aromatic rings. The fourth-order valence-corrected chi connectivity index (χ4v) is 2.36. The number of nitrogens with one attached hydrogen (secondary N) is 1. The molecule has 2 N–H and O–H groups in total. The second-order valence-corrected chi connectivity index (χ2v) is 5.02. The molecule has 2 aromatic carbocycles. The van der Waals surface area contributed by atoms with Gasteiger partial charge < -0.3 is 10.4 Å². The Hall–Kier alpha value is -2.79. The number of carbonyl (C=O) groups is 2. The summed E-state index contributed by atoms with van der Waals surface area (Å²) in [4.78, 5) is 25.7. The zero-order valence-corrected chi connectivity index (χ0v) is 12.0. The summed E-state index contributed by atoms with van der Waals surface area (Å²) in [6, 6.07) is 14.7. The minimum absolute atomic E-state index is 0.0129. The molecule has 1 aliphatic rings. The van der Waals surface area contributed by atoms with Crippen LogP contribution in [0.2, 0.25) is 0 Å². The summed E-state index contributed by atoms with van der Waals surface area (Å²) in [5.41, 5.74) is 0.897. The molecule has 0 atom stereocenters. The number of phenolic OH excluding ortho intramolecular Hbond substituents is 1. The lowest BCUT2D eigenvalue weighted by Crippen LogP contribution is -2.32. The van der Waals surface area contributed by atoms with Crippen molar-refractivity contribution >= 4 is 34.8 Å². The molecule has 0 saturated carbocycles. The van der Waals surface area contributed by atoms with Crippen molar-refractivity contribution in [1.82, 2.24) is 0 Å². The van der Waals surface area contributed by atoms with E-state index in [-0.39, 0.29) is 16.5 Å². The van der Waals surface area contributed by atoms with Crippen molar-refractivity contribution in [1.29, 1.82) is 0 Å². The molecule has 3 rings (SSSR count). The van der Waals surface area contributed by atoms with Gasteiger partial charge >= 0.3 is 0 Å². The summed E-state index contributed by atoms with van der Waals surface area (Å²) in [6.45, 7) is 0. The molecule has 0 radical (unpaired) electrons. The van der Waals surface area contributed by atoms with Crippen LogP contribution in [0.5, 0.6) is 5.75 Å². The highest BCUT2D eigenvalue weighted by atomic mass is 35.5. The fourth-order valence-electron chi connectivity index (χ4n) is 2.15. The number of halogens is 1. The van der Waals surface area contributed by atoms with Gasteiger partial charge in [-0.2, -0.15) is 0 Å². The van der Waals surface area contributed by atoms with Crippen LogP contribution >= 0.6 is 11.6 Å². The maximum Gasteiger partial charge on any atom is 0.283 e. The van der Waals surface area contributed by atoms with Crippen LogP contribution in [0.4, 0.5) is 11.4 Å².